The Morgan fingerprint density at radius 2 is 1.94 bits per heavy atom. The predicted octanol–water partition coefficient (Wildman–Crippen LogP) is 4.92. The SMILES string of the molecule is CCN(CC)CCN1C(=O)C(O)=C(C(=O)c2cc3cc(Cl)cc(OC)c3o2)C1c1ccc(C)o1. The summed E-state index contributed by atoms with van der Waals surface area (Å²) in [5.74, 6) is -0.461. The van der Waals surface area contributed by atoms with Gasteiger partial charge in [-0.3, -0.25) is 9.59 Å². The van der Waals surface area contributed by atoms with Gasteiger partial charge in [-0.15, -0.1) is 0 Å². The van der Waals surface area contributed by atoms with Crippen LogP contribution in [0.5, 0.6) is 5.75 Å². The molecule has 9 heteroatoms. The Morgan fingerprint density at radius 1 is 1.21 bits per heavy atom. The van der Waals surface area contributed by atoms with Crippen LogP contribution in [0.3, 0.4) is 0 Å². The number of hydrogen-bond donors (Lipinski definition) is 1. The number of amides is 1. The lowest BCUT2D eigenvalue weighted by molar-refractivity contribution is -0.129. The van der Waals surface area contributed by atoms with E-state index in [0.29, 0.717) is 46.4 Å². The molecule has 0 bridgehead atoms. The number of hydrogen-bond acceptors (Lipinski definition) is 7. The molecule has 0 saturated carbocycles. The zero-order valence-corrected chi connectivity index (χ0v) is 20.3. The number of fused-ring (bicyclic) bond motifs is 1. The summed E-state index contributed by atoms with van der Waals surface area (Å²) in [7, 11) is 1.47. The molecule has 0 saturated heterocycles. The normalized spacial score (nSPS) is 16.4. The molecule has 2 aromatic heterocycles. The van der Waals surface area contributed by atoms with Crippen LogP contribution in [0.15, 0.2) is 50.5 Å². The van der Waals surface area contributed by atoms with E-state index < -0.39 is 23.5 Å². The molecule has 3 aromatic rings. The van der Waals surface area contributed by atoms with E-state index in [4.69, 9.17) is 25.2 Å². The number of aryl methyl sites for hydroxylation is 1. The van der Waals surface area contributed by atoms with Crippen molar-refractivity contribution in [3.63, 3.8) is 0 Å². The number of rotatable bonds is 9. The summed E-state index contributed by atoms with van der Waals surface area (Å²) < 4.78 is 16.9. The van der Waals surface area contributed by atoms with Crippen molar-refractivity contribution >= 4 is 34.3 Å². The van der Waals surface area contributed by atoms with Crippen LogP contribution in [-0.2, 0) is 4.79 Å². The molecule has 1 N–H and O–H groups in total. The Morgan fingerprint density at radius 3 is 2.56 bits per heavy atom. The quantitative estimate of drug-likeness (QED) is 0.429. The number of carbonyl (C=O) groups is 2. The smallest absolute Gasteiger partial charge is 0.290 e. The summed E-state index contributed by atoms with van der Waals surface area (Å²) in [6, 6.07) is 7.36. The van der Waals surface area contributed by atoms with E-state index in [1.54, 1.807) is 31.2 Å². The van der Waals surface area contributed by atoms with Gasteiger partial charge in [0.15, 0.2) is 22.9 Å². The molecule has 34 heavy (non-hydrogen) atoms. The van der Waals surface area contributed by atoms with Gasteiger partial charge in [0.1, 0.15) is 17.6 Å². The maximum absolute atomic E-state index is 13.6. The number of furan rings is 2. The number of benzene rings is 1. The standard InChI is InChI=1S/C25H27ClN2O6/c1-5-27(6-2)9-10-28-21(17-8-7-14(3)33-17)20(23(30)25(28)31)22(29)18-12-15-11-16(26)13-19(32-4)24(15)34-18/h7-8,11-13,21,30H,5-6,9-10H2,1-4H3. The average Bonchev–Trinajstić information content (AvgIpc) is 3.50. The first kappa shape index (κ1) is 23.9. The van der Waals surface area contributed by atoms with Crippen molar-refractivity contribution in [3.8, 4) is 5.75 Å². The van der Waals surface area contributed by atoms with E-state index in [2.05, 4.69) is 4.90 Å². The van der Waals surface area contributed by atoms with Gasteiger partial charge in [-0.1, -0.05) is 25.4 Å². The minimum absolute atomic E-state index is 0.0382. The second-order valence-electron chi connectivity index (χ2n) is 8.10. The fraction of sp³-hybridized carbons (Fsp3) is 0.360. The van der Waals surface area contributed by atoms with Gasteiger partial charge in [0.05, 0.1) is 12.7 Å². The lowest BCUT2D eigenvalue weighted by Gasteiger charge is -2.27. The number of methoxy groups -OCH3 is 1. The summed E-state index contributed by atoms with van der Waals surface area (Å²) >= 11 is 6.15. The van der Waals surface area contributed by atoms with E-state index in [-0.39, 0.29) is 11.3 Å². The van der Waals surface area contributed by atoms with Gasteiger partial charge in [0.25, 0.3) is 5.91 Å². The van der Waals surface area contributed by atoms with Crippen LogP contribution < -0.4 is 4.74 Å². The van der Waals surface area contributed by atoms with Gasteiger partial charge in [0, 0.05) is 29.6 Å². The summed E-state index contributed by atoms with van der Waals surface area (Å²) in [6.07, 6.45) is 0. The zero-order chi connectivity index (χ0) is 24.6. The van der Waals surface area contributed by atoms with Crippen molar-refractivity contribution < 1.29 is 28.3 Å². The number of carbonyl (C=O) groups excluding carboxylic acids is 2. The fourth-order valence-corrected chi connectivity index (χ4v) is 4.50. The summed E-state index contributed by atoms with van der Waals surface area (Å²) in [4.78, 5) is 30.3. The van der Waals surface area contributed by atoms with Crippen LogP contribution in [0.2, 0.25) is 5.02 Å². The molecule has 1 aliphatic rings. The van der Waals surface area contributed by atoms with E-state index in [1.165, 1.54) is 18.1 Å². The van der Waals surface area contributed by atoms with E-state index in [9.17, 15) is 14.7 Å². The molecule has 0 aliphatic carbocycles. The lowest BCUT2D eigenvalue weighted by Crippen LogP contribution is -2.38. The number of Topliss-reactive ketones (excluding diaryl/α,β-unsaturated/α-hetero) is 1. The highest BCUT2D eigenvalue weighted by Crippen LogP contribution is 2.41. The first-order valence-corrected chi connectivity index (χ1v) is 11.5. The van der Waals surface area contributed by atoms with Gasteiger partial charge in [-0.2, -0.15) is 0 Å². The fourth-order valence-electron chi connectivity index (χ4n) is 4.28. The van der Waals surface area contributed by atoms with Gasteiger partial charge in [-0.25, -0.2) is 0 Å². The molecule has 8 nitrogen and oxygen atoms in total. The maximum atomic E-state index is 13.6. The first-order chi connectivity index (χ1) is 16.3. The van der Waals surface area contributed by atoms with Crippen LogP contribution >= 0.6 is 11.6 Å². The Bertz CT molecular complexity index is 1270. The maximum Gasteiger partial charge on any atom is 0.290 e. The number of ketones is 1. The molecule has 0 fully saturated rings. The van der Waals surface area contributed by atoms with Crippen molar-refractivity contribution in [2.75, 3.05) is 33.3 Å². The molecular weight excluding hydrogens is 460 g/mol. The number of aliphatic hydroxyl groups is 1. The van der Waals surface area contributed by atoms with E-state index in [0.717, 1.165) is 13.1 Å². The minimum Gasteiger partial charge on any atom is -0.503 e. The van der Waals surface area contributed by atoms with E-state index in [1.807, 2.05) is 13.8 Å². The second-order valence-corrected chi connectivity index (χ2v) is 8.54. The Kier molecular flexibility index (Phi) is 6.72. The Balaban J connectivity index is 1.76. The molecular formula is C25H27ClN2O6. The van der Waals surface area contributed by atoms with Crippen molar-refractivity contribution in [1.29, 1.82) is 0 Å². The molecule has 1 atom stereocenters. The lowest BCUT2D eigenvalue weighted by atomic mass is 9.99. The van der Waals surface area contributed by atoms with Crippen molar-refractivity contribution in [2.24, 2.45) is 0 Å². The number of nitrogens with zero attached hydrogens (tertiary/aromatic N) is 2. The monoisotopic (exact) mass is 486 g/mol. The summed E-state index contributed by atoms with van der Waals surface area (Å²) in [5, 5.41) is 11.8. The van der Waals surface area contributed by atoms with Crippen molar-refractivity contribution in [2.45, 2.75) is 26.8 Å². The third-order valence-corrected chi connectivity index (χ3v) is 6.34. The van der Waals surface area contributed by atoms with Gasteiger partial charge < -0.3 is 28.5 Å². The molecule has 0 spiro atoms. The molecule has 180 valence electrons. The molecule has 1 aromatic carbocycles. The van der Waals surface area contributed by atoms with Gasteiger partial charge in [-0.05, 0) is 44.3 Å². The first-order valence-electron chi connectivity index (χ1n) is 11.1. The topological polar surface area (TPSA) is 96.4 Å². The average molecular weight is 487 g/mol. The number of ether oxygens (including phenoxy) is 1. The van der Waals surface area contributed by atoms with Crippen LogP contribution in [0.25, 0.3) is 11.0 Å². The summed E-state index contributed by atoms with van der Waals surface area (Å²) in [6.45, 7) is 8.39. The molecule has 0 radical (unpaired) electrons. The molecule has 1 amide bonds. The second kappa shape index (κ2) is 9.56. The molecule has 1 aliphatic heterocycles. The highest BCUT2D eigenvalue weighted by Gasteiger charge is 2.46. The van der Waals surface area contributed by atoms with Gasteiger partial charge >= 0.3 is 0 Å². The minimum atomic E-state index is -0.872. The highest BCUT2D eigenvalue weighted by atomic mass is 35.5. The van der Waals surface area contributed by atoms with Crippen LogP contribution in [-0.4, -0.2) is 59.9 Å². The zero-order valence-electron chi connectivity index (χ0n) is 19.6. The molecule has 4 rings (SSSR count). The van der Waals surface area contributed by atoms with E-state index >= 15 is 0 Å². The molecule has 1 unspecified atom stereocenters. The predicted molar refractivity (Wildman–Crippen MR) is 127 cm³/mol. The molecule has 3 heterocycles. The Hall–Kier alpha value is -3.23. The number of aliphatic hydroxyl groups excluding tert-OH is 1. The highest BCUT2D eigenvalue weighted by molar-refractivity contribution is 6.31. The summed E-state index contributed by atoms with van der Waals surface area (Å²) in [5.41, 5.74) is 0.270. The van der Waals surface area contributed by atoms with Crippen LogP contribution in [0, 0.1) is 6.92 Å². The third kappa shape index (κ3) is 4.19. The Labute approximate surface area is 202 Å². The number of likely N-dealkylation sites (N-methyl/N-ethyl adjacent to an activating group) is 1. The third-order valence-electron chi connectivity index (χ3n) is 6.12. The van der Waals surface area contributed by atoms with Crippen molar-refractivity contribution in [1.82, 2.24) is 9.80 Å². The number of halogens is 1. The van der Waals surface area contributed by atoms with Crippen molar-refractivity contribution in [3.05, 3.63) is 64.0 Å². The van der Waals surface area contributed by atoms with Gasteiger partial charge in [0.2, 0.25) is 5.78 Å². The largest absolute Gasteiger partial charge is 0.503 e. The van der Waals surface area contributed by atoms with Crippen LogP contribution in [0.1, 0.15) is 42.0 Å². The van der Waals surface area contributed by atoms with Crippen LogP contribution in [0.4, 0.5) is 0 Å².